The average Bonchev–Trinajstić information content (AvgIpc) is 3.07. The van der Waals surface area contributed by atoms with E-state index in [-0.39, 0.29) is 28.9 Å². The molecule has 160 valence electrons. The van der Waals surface area contributed by atoms with Crippen LogP contribution in [-0.4, -0.2) is 40.1 Å². The summed E-state index contributed by atoms with van der Waals surface area (Å²) in [6, 6.07) is 18.1. The number of nitrogens with zero attached hydrogens (tertiary/aromatic N) is 4. The van der Waals surface area contributed by atoms with E-state index in [1.165, 1.54) is 17.0 Å². The zero-order valence-corrected chi connectivity index (χ0v) is 17.5. The van der Waals surface area contributed by atoms with Crippen LogP contribution in [0.2, 0.25) is 0 Å². The molecule has 0 saturated carbocycles. The molecule has 0 aliphatic carbocycles. The molecule has 1 aliphatic rings. The third-order valence-electron chi connectivity index (χ3n) is 4.58. The van der Waals surface area contributed by atoms with E-state index < -0.39 is 5.97 Å². The lowest BCUT2D eigenvalue weighted by Gasteiger charge is -2.19. The molecule has 31 heavy (non-hydrogen) atoms. The second kappa shape index (κ2) is 8.92. The van der Waals surface area contributed by atoms with Gasteiger partial charge < -0.3 is 20.0 Å². The maximum absolute atomic E-state index is 12.0. The Morgan fingerprint density at radius 2 is 1.87 bits per heavy atom. The van der Waals surface area contributed by atoms with Crippen molar-refractivity contribution in [2.24, 2.45) is 9.46 Å². The van der Waals surface area contributed by atoms with Crippen LogP contribution in [0.25, 0.3) is 0 Å². The molecular weight excluding hydrogens is 418 g/mol. The molecule has 0 fully saturated rings. The second-order valence-electron chi connectivity index (χ2n) is 6.75. The monoisotopic (exact) mass is 439 g/mol. The van der Waals surface area contributed by atoms with Crippen molar-refractivity contribution >= 4 is 39.3 Å². The Bertz CT molecular complexity index is 1140. The Labute approximate surface area is 181 Å². The summed E-state index contributed by atoms with van der Waals surface area (Å²) >= 11 is 0. The van der Waals surface area contributed by atoms with Crippen molar-refractivity contribution in [3.63, 3.8) is 0 Å². The molecule has 0 spiro atoms. The number of anilines is 2. The molecule has 1 aromatic heterocycles. The zero-order valence-electron chi connectivity index (χ0n) is 16.7. The molecule has 0 radical (unpaired) electrons. The summed E-state index contributed by atoms with van der Waals surface area (Å²) in [5.41, 5.74) is 7.58. The average molecular weight is 439 g/mol. The largest absolute Gasteiger partial charge is 0.492 e. The highest BCUT2D eigenvalue weighted by Crippen LogP contribution is 2.33. The first kappa shape index (κ1) is 20.5. The number of carbonyl (C=O) groups excluding carboxylic acids is 1. The number of aromatic nitrogens is 1. The summed E-state index contributed by atoms with van der Waals surface area (Å²) < 4.78 is 5.17. The standard InChI is InChI=1S/C21H21N5O4S/c1-25(13-12-21(29)30-26-19(27)10-11-20(26)28)16-8-6-15(7-9-16)23-22-14-31-18-5-3-2-4-17(18)24-31/h2-11,14,23,27-28H,12-13H2,1H3. The van der Waals surface area contributed by atoms with Gasteiger partial charge in [0.2, 0.25) is 11.8 Å². The Hall–Kier alpha value is -3.79. The van der Waals surface area contributed by atoms with Crippen LogP contribution >= 0.6 is 0 Å². The van der Waals surface area contributed by atoms with Crippen LogP contribution in [0.1, 0.15) is 6.42 Å². The fourth-order valence-corrected chi connectivity index (χ4v) is 4.07. The van der Waals surface area contributed by atoms with Gasteiger partial charge in [-0.1, -0.05) is 12.1 Å². The molecule has 10 heteroatoms. The van der Waals surface area contributed by atoms with Crippen molar-refractivity contribution < 1.29 is 19.8 Å². The minimum absolute atomic E-state index is 0.0745. The summed E-state index contributed by atoms with van der Waals surface area (Å²) in [5, 5.41) is 23.3. The second-order valence-corrected chi connectivity index (χ2v) is 8.21. The first-order chi connectivity index (χ1) is 15.0. The summed E-state index contributed by atoms with van der Waals surface area (Å²) in [6.45, 7) is 0.399. The van der Waals surface area contributed by atoms with Crippen molar-refractivity contribution in [1.29, 1.82) is 0 Å². The molecule has 0 saturated heterocycles. The minimum atomic E-state index is -0.579. The lowest BCUT2D eigenvalue weighted by atomic mass is 10.2. The molecule has 0 bridgehead atoms. The third kappa shape index (κ3) is 4.69. The number of fused-ring (bicyclic) bond motifs is 1. The van der Waals surface area contributed by atoms with E-state index in [2.05, 4.69) is 21.0 Å². The van der Waals surface area contributed by atoms with Crippen molar-refractivity contribution in [1.82, 2.24) is 4.73 Å². The predicted octanol–water partition coefficient (Wildman–Crippen LogP) is 3.24. The van der Waals surface area contributed by atoms with Crippen LogP contribution in [0.15, 0.2) is 75.0 Å². The molecule has 4 rings (SSSR count). The molecule has 1 aliphatic heterocycles. The molecule has 9 nitrogen and oxygen atoms in total. The van der Waals surface area contributed by atoms with Gasteiger partial charge in [0.25, 0.3) is 0 Å². The van der Waals surface area contributed by atoms with Crippen molar-refractivity contribution in [3.8, 4) is 11.8 Å². The normalized spacial score (nSPS) is 14.4. The van der Waals surface area contributed by atoms with E-state index in [1.54, 1.807) is 5.55 Å². The van der Waals surface area contributed by atoms with Gasteiger partial charge in [-0.25, -0.2) is 9.16 Å². The third-order valence-corrected chi connectivity index (χ3v) is 6.08. The highest BCUT2D eigenvalue weighted by molar-refractivity contribution is 8.01. The first-order valence-electron chi connectivity index (χ1n) is 9.46. The van der Waals surface area contributed by atoms with Gasteiger partial charge >= 0.3 is 5.97 Å². The van der Waals surface area contributed by atoms with Crippen LogP contribution < -0.4 is 15.2 Å². The van der Waals surface area contributed by atoms with E-state index in [0.717, 1.165) is 17.1 Å². The number of nitrogens with one attached hydrogen (secondary N) is 1. The van der Waals surface area contributed by atoms with Gasteiger partial charge in [0.05, 0.1) is 28.2 Å². The Balaban J connectivity index is 1.25. The first-order valence-corrected chi connectivity index (χ1v) is 10.7. The van der Waals surface area contributed by atoms with Gasteiger partial charge in [-0.15, -0.1) is 4.73 Å². The van der Waals surface area contributed by atoms with E-state index in [9.17, 15) is 15.0 Å². The summed E-state index contributed by atoms with van der Waals surface area (Å²) in [4.78, 5) is 20.0. The van der Waals surface area contributed by atoms with Crippen LogP contribution in [0, 0.1) is 0 Å². The maximum Gasteiger partial charge on any atom is 0.335 e. The van der Waals surface area contributed by atoms with Gasteiger partial charge in [-0.05, 0) is 47.1 Å². The number of hydrogen-bond acceptors (Lipinski definition) is 8. The molecule has 2 aromatic carbocycles. The smallest absolute Gasteiger partial charge is 0.335 e. The summed E-state index contributed by atoms with van der Waals surface area (Å²) in [5.74, 6) is -1.27. The fraction of sp³-hybridized carbons (Fsp3) is 0.143. The number of hydrazone groups is 1. The van der Waals surface area contributed by atoms with Crippen LogP contribution in [0.3, 0.4) is 0 Å². The minimum Gasteiger partial charge on any atom is -0.492 e. The zero-order chi connectivity index (χ0) is 21.8. The lowest BCUT2D eigenvalue weighted by Crippen LogP contribution is -2.26. The van der Waals surface area contributed by atoms with E-state index in [1.807, 2.05) is 54.4 Å². The van der Waals surface area contributed by atoms with Gasteiger partial charge in [0.1, 0.15) is 0 Å². The highest BCUT2D eigenvalue weighted by atomic mass is 32.2. The van der Waals surface area contributed by atoms with Gasteiger partial charge in [-0.2, -0.15) is 5.10 Å². The predicted molar refractivity (Wildman–Crippen MR) is 120 cm³/mol. The fourth-order valence-electron chi connectivity index (χ4n) is 2.88. The van der Waals surface area contributed by atoms with Crippen molar-refractivity contribution in [2.75, 3.05) is 23.9 Å². The number of hydrogen-bond donors (Lipinski definition) is 3. The molecule has 2 heterocycles. The van der Waals surface area contributed by atoms with Crippen LogP contribution in [0.4, 0.5) is 17.1 Å². The number of carbonyl (C=O) groups is 1. The Kier molecular flexibility index (Phi) is 5.89. The number of benzene rings is 2. The van der Waals surface area contributed by atoms with E-state index in [4.69, 9.17) is 4.84 Å². The lowest BCUT2D eigenvalue weighted by molar-refractivity contribution is -0.145. The molecule has 0 amide bonds. The van der Waals surface area contributed by atoms with Crippen LogP contribution in [-0.2, 0) is 15.5 Å². The van der Waals surface area contributed by atoms with Crippen molar-refractivity contribution in [3.05, 3.63) is 60.7 Å². The number of aromatic hydroxyl groups is 2. The Morgan fingerprint density at radius 3 is 2.58 bits per heavy atom. The molecule has 1 unspecified atom stereocenters. The van der Waals surface area contributed by atoms with Gasteiger partial charge in [-0.3, -0.25) is 5.43 Å². The summed E-state index contributed by atoms with van der Waals surface area (Å²) in [6.07, 6.45) is 0.0745. The quantitative estimate of drug-likeness (QED) is 0.282. The van der Waals surface area contributed by atoms with E-state index in [0.29, 0.717) is 11.3 Å². The topological polar surface area (TPSA) is 112 Å². The molecule has 3 aromatic rings. The molecular formula is C21H21N5O4S. The SMILES string of the molecule is CN(CCC(=O)On1c(O)ccc1O)c1ccc(NN=CS2=Nc3ccccc32)cc1. The molecule has 1 atom stereocenters. The van der Waals surface area contributed by atoms with E-state index >= 15 is 0 Å². The van der Waals surface area contributed by atoms with Gasteiger partial charge in [0, 0.05) is 31.4 Å². The Morgan fingerprint density at radius 1 is 1.16 bits per heavy atom. The van der Waals surface area contributed by atoms with Crippen molar-refractivity contribution in [2.45, 2.75) is 11.3 Å². The van der Waals surface area contributed by atoms with Gasteiger partial charge in [0.15, 0.2) is 0 Å². The summed E-state index contributed by atoms with van der Waals surface area (Å²) in [7, 11) is 1.56. The molecule has 3 N–H and O–H groups in total. The number of rotatable bonds is 8. The van der Waals surface area contributed by atoms with Crippen LogP contribution in [0.5, 0.6) is 11.8 Å². The maximum atomic E-state index is 12.0. The highest BCUT2D eigenvalue weighted by Gasteiger charge is 2.14.